The highest BCUT2D eigenvalue weighted by molar-refractivity contribution is 7.11. The van der Waals surface area contributed by atoms with Crippen LogP contribution in [-0.4, -0.2) is 16.1 Å². The predicted octanol–water partition coefficient (Wildman–Crippen LogP) is 3.92. The van der Waals surface area contributed by atoms with E-state index in [-0.39, 0.29) is 5.69 Å². The van der Waals surface area contributed by atoms with Crippen molar-refractivity contribution in [1.82, 2.24) is 4.98 Å². The maximum Gasteiger partial charge on any atom is 0.355 e. The first-order valence-corrected chi connectivity index (χ1v) is 7.74. The lowest BCUT2D eigenvalue weighted by molar-refractivity contribution is 0.0690. The highest BCUT2D eigenvalue weighted by atomic mass is 32.1. The summed E-state index contributed by atoms with van der Waals surface area (Å²) in [5.41, 5.74) is 0.279. The van der Waals surface area contributed by atoms with E-state index < -0.39 is 5.97 Å². The van der Waals surface area contributed by atoms with Crippen LogP contribution in [0.2, 0.25) is 0 Å². The Hall–Kier alpha value is -0.900. The monoisotopic (exact) mass is 267 g/mol. The van der Waals surface area contributed by atoms with Gasteiger partial charge in [-0.3, -0.25) is 0 Å². The molecule has 4 heteroatoms. The van der Waals surface area contributed by atoms with Gasteiger partial charge in [-0.25, -0.2) is 9.78 Å². The summed E-state index contributed by atoms with van der Waals surface area (Å²) in [6.07, 6.45) is 9.70. The average Bonchev–Trinajstić information content (AvgIpc) is 2.81. The Bertz CT molecular complexity index is 408. The second-order valence-electron chi connectivity index (χ2n) is 5.08. The smallest absolute Gasteiger partial charge is 0.355 e. The normalized spacial score (nSPS) is 16.9. The number of aromatic nitrogens is 1. The van der Waals surface area contributed by atoms with E-state index >= 15 is 0 Å². The van der Waals surface area contributed by atoms with Crippen LogP contribution < -0.4 is 0 Å². The molecule has 2 rings (SSSR count). The van der Waals surface area contributed by atoms with E-state index in [4.69, 9.17) is 5.11 Å². The number of nitrogens with zero attached hydrogens (tertiary/aromatic N) is 1. The van der Waals surface area contributed by atoms with Gasteiger partial charge in [0.2, 0.25) is 0 Å². The fourth-order valence-corrected chi connectivity index (χ4v) is 3.73. The van der Waals surface area contributed by atoms with E-state index in [1.54, 1.807) is 11.3 Å². The topological polar surface area (TPSA) is 50.2 Å². The molecule has 0 unspecified atom stereocenters. The molecule has 0 aromatic carbocycles. The van der Waals surface area contributed by atoms with Crippen LogP contribution in [0.3, 0.4) is 0 Å². The molecule has 1 fully saturated rings. The minimum Gasteiger partial charge on any atom is -0.476 e. The van der Waals surface area contributed by atoms with Crippen LogP contribution in [0.25, 0.3) is 0 Å². The van der Waals surface area contributed by atoms with Gasteiger partial charge >= 0.3 is 5.97 Å². The van der Waals surface area contributed by atoms with Crippen molar-refractivity contribution >= 4 is 17.3 Å². The molecule has 18 heavy (non-hydrogen) atoms. The average molecular weight is 267 g/mol. The standard InChI is InChI=1S/C14H21NO2S/c1-2-11-13(14(16)17)15-12(18-11)9-8-10-6-4-3-5-7-10/h10H,2-9H2,1H3,(H,16,17). The molecule has 100 valence electrons. The van der Waals surface area contributed by atoms with Crippen molar-refractivity contribution < 1.29 is 9.90 Å². The Kier molecular flexibility index (Phi) is 4.75. The van der Waals surface area contributed by atoms with E-state index in [1.807, 2.05) is 6.92 Å². The van der Waals surface area contributed by atoms with Crippen molar-refractivity contribution in [3.05, 3.63) is 15.6 Å². The van der Waals surface area contributed by atoms with E-state index in [2.05, 4.69) is 4.98 Å². The van der Waals surface area contributed by atoms with Gasteiger partial charge in [0, 0.05) is 4.88 Å². The summed E-state index contributed by atoms with van der Waals surface area (Å²) in [6, 6.07) is 0. The van der Waals surface area contributed by atoms with Crippen LogP contribution in [-0.2, 0) is 12.8 Å². The largest absolute Gasteiger partial charge is 0.476 e. The third-order valence-corrected chi connectivity index (χ3v) is 5.02. The molecule has 1 aromatic rings. The van der Waals surface area contributed by atoms with Gasteiger partial charge in [0.15, 0.2) is 5.69 Å². The molecule has 0 bridgehead atoms. The van der Waals surface area contributed by atoms with Crippen molar-refractivity contribution in [3.8, 4) is 0 Å². The lowest BCUT2D eigenvalue weighted by Gasteiger charge is -2.20. The summed E-state index contributed by atoms with van der Waals surface area (Å²) in [5, 5.41) is 10.1. The molecule has 0 amide bonds. The number of hydrogen-bond acceptors (Lipinski definition) is 3. The van der Waals surface area contributed by atoms with E-state index in [9.17, 15) is 4.79 Å². The van der Waals surface area contributed by atoms with Gasteiger partial charge in [0.25, 0.3) is 0 Å². The molecule has 1 aliphatic rings. The molecule has 1 N–H and O–H groups in total. The van der Waals surface area contributed by atoms with Gasteiger partial charge in [0.1, 0.15) is 0 Å². The second-order valence-corrected chi connectivity index (χ2v) is 6.25. The Balaban J connectivity index is 1.94. The van der Waals surface area contributed by atoms with Gasteiger partial charge in [-0.05, 0) is 25.2 Å². The lowest BCUT2D eigenvalue weighted by atomic mass is 9.86. The Labute approximate surface area is 112 Å². The van der Waals surface area contributed by atoms with Crippen molar-refractivity contribution in [2.75, 3.05) is 0 Å². The van der Waals surface area contributed by atoms with Crippen LogP contribution in [0, 0.1) is 5.92 Å². The molecule has 0 aliphatic heterocycles. The first-order chi connectivity index (χ1) is 8.70. The molecule has 3 nitrogen and oxygen atoms in total. The van der Waals surface area contributed by atoms with Crippen LogP contribution >= 0.6 is 11.3 Å². The van der Waals surface area contributed by atoms with Crippen LogP contribution in [0.1, 0.15) is 65.8 Å². The van der Waals surface area contributed by atoms with Gasteiger partial charge in [-0.15, -0.1) is 11.3 Å². The minimum atomic E-state index is -0.882. The van der Waals surface area contributed by atoms with Crippen LogP contribution in [0.15, 0.2) is 0 Å². The summed E-state index contributed by atoms with van der Waals surface area (Å²) in [5.74, 6) is -0.0481. The summed E-state index contributed by atoms with van der Waals surface area (Å²) < 4.78 is 0. The zero-order chi connectivity index (χ0) is 13.0. The van der Waals surface area contributed by atoms with Crippen molar-refractivity contribution in [2.24, 2.45) is 5.92 Å². The molecule has 1 aromatic heterocycles. The summed E-state index contributed by atoms with van der Waals surface area (Å²) >= 11 is 1.58. The van der Waals surface area contributed by atoms with Gasteiger partial charge < -0.3 is 5.11 Å². The molecular formula is C14H21NO2S. The fourth-order valence-electron chi connectivity index (χ4n) is 2.72. The molecule has 0 spiro atoms. The van der Waals surface area contributed by atoms with Crippen molar-refractivity contribution in [1.29, 1.82) is 0 Å². The molecule has 0 saturated heterocycles. The third kappa shape index (κ3) is 3.31. The summed E-state index contributed by atoms with van der Waals surface area (Å²) in [7, 11) is 0. The highest BCUT2D eigenvalue weighted by Gasteiger charge is 2.18. The number of carbonyl (C=O) groups is 1. The lowest BCUT2D eigenvalue weighted by Crippen LogP contribution is -2.07. The zero-order valence-electron chi connectivity index (χ0n) is 10.9. The molecule has 0 atom stereocenters. The van der Waals surface area contributed by atoms with Crippen molar-refractivity contribution in [3.63, 3.8) is 0 Å². The third-order valence-electron chi connectivity index (χ3n) is 3.76. The Morgan fingerprint density at radius 1 is 1.39 bits per heavy atom. The molecule has 0 radical (unpaired) electrons. The minimum absolute atomic E-state index is 0.279. The Morgan fingerprint density at radius 2 is 2.11 bits per heavy atom. The quantitative estimate of drug-likeness (QED) is 0.879. The fraction of sp³-hybridized carbons (Fsp3) is 0.714. The maximum atomic E-state index is 11.0. The SMILES string of the molecule is CCc1sc(CCC2CCCCC2)nc1C(=O)O. The zero-order valence-corrected chi connectivity index (χ0v) is 11.8. The number of carboxylic acids is 1. The van der Waals surface area contributed by atoms with Crippen LogP contribution in [0.5, 0.6) is 0 Å². The number of thiazole rings is 1. The molecule has 1 saturated carbocycles. The summed E-state index contributed by atoms with van der Waals surface area (Å²) in [6.45, 7) is 1.99. The first kappa shape index (κ1) is 13.5. The number of aromatic carboxylic acids is 1. The number of aryl methyl sites for hydroxylation is 2. The molecule has 1 aliphatic carbocycles. The number of carboxylic acid groups (broad SMARTS) is 1. The second kappa shape index (κ2) is 6.32. The van der Waals surface area contributed by atoms with Crippen LogP contribution in [0.4, 0.5) is 0 Å². The number of rotatable bonds is 5. The summed E-state index contributed by atoms with van der Waals surface area (Å²) in [4.78, 5) is 16.2. The van der Waals surface area contributed by atoms with Gasteiger partial charge in [-0.2, -0.15) is 0 Å². The highest BCUT2D eigenvalue weighted by Crippen LogP contribution is 2.29. The van der Waals surface area contributed by atoms with Gasteiger partial charge in [-0.1, -0.05) is 39.0 Å². The van der Waals surface area contributed by atoms with Gasteiger partial charge in [0.05, 0.1) is 5.01 Å². The van der Waals surface area contributed by atoms with E-state index in [0.717, 1.165) is 28.6 Å². The van der Waals surface area contributed by atoms with E-state index in [1.165, 1.54) is 38.5 Å². The molecule has 1 heterocycles. The predicted molar refractivity (Wildman–Crippen MR) is 73.3 cm³/mol. The number of hydrogen-bond donors (Lipinski definition) is 1. The Morgan fingerprint density at radius 3 is 2.67 bits per heavy atom. The maximum absolute atomic E-state index is 11.0. The van der Waals surface area contributed by atoms with Crippen molar-refractivity contribution in [2.45, 2.75) is 58.3 Å². The van der Waals surface area contributed by atoms with E-state index in [0.29, 0.717) is 0 Å². The first-order valence-electron chi connectivity index (χ1n) is 6.92. The molecular weight excluding hydrogens is 246 g/mol.